The predicted molar refractivity (Wildman–Crippen MR) is 74.7 cm³/mol. The molecule has 5 heteroatoms. The van der Waals surface area contributed by atoms with E-state index in [1.54, 1.807) is 12.1 Å². The molecule has 2 rings (SSSR count). The first kappa shape index (κ1) is 14.3. The van der Waals surface area contributed by atoms with Crippen molar-refractivity contribution in [3.63, 3.8) is 0 Å². The molecule has 0 bridgehead atoms. The molecule has 106 valence electrons. The lowest BCUT2D eigenvalue weighted by molar-refractivity contribution is -0.0433. The van der Waals surface area contributed by atoms with E-state index in [0.717, 1.165) is 5.56 Å². The van der Waals surface area contributed by atoms with Crippen molar-refractivity contribution < 1.29 is 13.2 Å². The zero-order chi connectivity index (χ0) is 14.6. The molecular weight excluding hydrogens is 262 g/mol. The van der Waals surface area contributed by atoms with Gasteiger partial charge in [-0.2, -0.15) is 0 Å². The van der Waals surface area contributed by atoms with E-state index in [1.165, 1.54) is 6.07 Å². The van der Waals surface area contributed by atoms with Crippen LogP contribution in [0.2, 0.25) is 0 Å². The third-order valence-corrected chi connectivity index (χ3v) is 5.69. The number of hydrogen-bond acceptors (Lipinski definition) is 3. The zero-order valence-electron chi connectivity index (χ0n) is 12.0. The van der Waals surface area contributed by atoms with E-state index in [0.29, 0.717) is 5.75 Å². The highest BCUT2D eigenvalue weighted by molar-refractivity contribution is 7.89. The molecule has 4 nitrogen and oxygen atoms in total. The number of benzene rings is 1. The molecule has 1 heterocycles. The van der Waals surface area contributed by atoms with Gasteiger partial charge >= 0.3 is 0 Å². The molecule has 1 aliphatic heterocycles. The molecule has 2 N–H and O–H groups in total. The van der Waals surface area contributed by atoms with E-state index >= 15 is 0 Å². The van der Waals surface area contributed by atoms with Crippen LogP contribution in [0.4, 0.5) is 0 Å². The standard InChI is InChI=1S/C14H21NO3S/c1-9-11-7-6-10(19(15,16)17)8-12(11)18-14(4,5)13(9,2)3/h6-9H,1-5H3,(H2,15,16,17). The number of primary sulfonamides is 1. The Bertz CT molecular complexity index is 618. The summed E-state index contributed by atoms with van der Waals surface area (Å²) in [5, 5.41) is 5.16. The molecule has 1 aromatic carbocycles. The van der Waals surface area contributed by atoms with Gasteiger partial charge in [-0.25, -0.2) is 13.6 Å². The largest absolute Gasteiger partial charge is 0.487 e. The Labute approximate surface area is 115 Å². The Morgan fingerprint density at radius 3 is 2.32 bits per heavy atom. The van der Waals surface area contributed by atoms with Crippen LogP contribution in [0.15, 0.2) is 23.1 Å². The van der Waals surface area contributed by atoms with Gasteiger partial charge in [0.1, 0.15) is 11.4 Å². The van der Waals surface area contributed by atoms with E-state index in [9.17, 15) is 8.42 Å². The maximum absolute atomic E-state index is 11.4. The van der Waals surface area contributed by atoms with Crippen LogP contribution >= 0.6 is 0 Å². The van der Waals surface area contributed by atoms with Crippen LogP contribution in [-0.4, -0.2) is 14.0 Å². The smallest absolute Gasteiger partial charge is 0.238 e. The first-order valence-electron chi connectivity index (χ1n) is 6.32. The summed E-state index contributed by atoms with van der Waals surface area (Å²) >= 11 is 0. The molecule has 0 aliphatic carbocycles. The first-order chi connectivity index (χ1) is 8.47. The van der Waals surface area contributed by atoms with Crippen molar-refractivity contribution in [3.05, 3.63) is 23.8 Å². The average Bonchev–Trinajstić information content (AvgIpc) is 2.24. The molecule has 0 radical (unpaired) electrons. The van der Waals surface area contributed by atoms with Crippen LogP contribution in [0.3, 0.4) is 0 Å². The summed E-state index contributed by atoms with van der Waals surface area (Å²) in [6.07, 6.45) is 0. The number of nitrogens with two attached hydrogens (primary N) is 1. The van der Waals surface area contributed by atoms with Crippen LogP contribution in [0.1, 0.15) is 46.1 Å². The van der Waals surface area contributed by atoms with Gasteiger partial charge in [-0.1, -0.05) is 26.8 Å². The van der Waals surface area contributed by atoms with Gasteiger partial charge in [0.25, 0.3) is 0 Å². The van der Waals surface area contributed by atoms with E-state index in [2.05, 4.69) is 20.8 Å². The van der Waals surface area contributed by atoms with Crippen LogP contribution in [-0.2, 0) is 10.0 Å². The first-order valence-corrected chi connectivity index (χ1v) is 7.87. The van der Waals surface area contributed by atoms with Gasteiger partial charge in [0.2, 0.25) is 10.0 Å². The Balaban J connectivity index is 2.61. The Morgan fingerprint density at radius 1 is 1.21 bits per heavy atom. The lowest BCUT2D eigenvalue weighted by Crippen LogP contribution is -2.50. The SMILES string of the molecule is CC1c2ccc(S(N)(=O)=O)cc2OC(C)(C)C1(C)C. The second kappa shape index (κ2) is 3.96. The fourth-order valence-electron chi connectivity index (χ4n) is 2.45. The molecule has 0 amide bonds. The lowest BCUT2D eigenvalue weighted by atomic mass is 9.64. The summed E-state index contributed by atoms with van der Waals surface area (Å²) in [6.45, 7) is 10.5. The minimum absolute atomic E-state index is 0.0525. The van der Waals surface area contributed by atoms with Gasteiger partial charge in [0, 0.05) is 11.5 Å². The zero-order valence-corrected chi connectivity index (χ0v) is 12.8. The Morgan fingerprint density at radius 2 is 1.79 bits per heavy atom. The number of sulfonamides is 1. The quantitative estimate of drug-likeness (QED) is 0.861. The highest BCUT2D eigenvalue weighted by Gasteiger charge is 2.48. The highest BCUT2D eigenvalue weighted by Crippen LogP contribution is 2.52. The molecular formula is C14H21NO3S. The van der Waals surface area contributed by atoms with Crippen molar-refractivity contribution in [3.8, 4) is 5.75 Å². The summed E-state index contributed by atoms with van der Waals surface area (Å²) in [6, 6.07) is 4.87. The summed E-state index contributed by atoms with van der Waals surface area (Å²) in [5.74, 6) is 0.879. The Kier molecular flexibility index (Phi) is 2.99. The second-order valence-corrected chi connectivity index (χ2v) is 7.86. The average molecular weight is 283 g/mol. The Hall–Kier alpha value is -1.07. The van der Waals surface area contributed by atoms with Crippen LogP contribution in [0.25, 0.3) is 0 Å². The minimum atomic E-state index is -3.70. The van der Waals surface area contributed by atoms with Crippen LogP contribution in [0, 0.1) is 5.41 Å². The van der Waals surface area contributed by atoms with Gasteiger partial charge in [-0.3, -0.25) is 0 Å². The van der Waals surface area contributed by atoms with Gasteiger partial charge in [-0.15, -0.1) is 0 Å². The molecule has 0 saturated carbocycles. The number of fused-ring (bicyclic) bond motifs is 1. The van der Waals surface area contributed by atoms with Gasteiger partial charge in [0.15, 0.2) is 0 Å². The maximum Gasteiger partial charge on any atom is 0.238 e. The van der Waals surface area contributed by atoms with Crippen molar-refractivity contribution in [1.82, 2.24) is 0 Å². The molecule has 1 aliphatic rings. The maximum atomic E-state index is 11.4. The minimum Gasteiger partial charge on any atom is -0.487 e. The van der Waals surface area contributed by atoms with Crippen molar-refractivity contribution in [2.24, 2.45) is 10.6 Å². The fraction of sp³-hybridized carbons (Fsp3) is 0.571. The van der Waals surface area contributed by atoms with Crippen LogP contribution < -0.4 is 9.88 Å². The summed E-state index contributed by atoms with van der Waals surface area (Å²) in [7, 11) is -3.70. The lowest BCUT2D eigenvalue weighted by Gasteiger charge is -2.50. The van der Waals surface area contributed by atoms with E-state index in [4.69, 9.17) is 9.88 Å². The molecule has 0 spiro atoms. The number of ether oxygens (including phenoxy) is 1. The number of hydrogen-bond donors (Lipinski definition) is 1. The highest BCUT2D eigenvalue weighted by atomic mass is 32.2. The summed E-state index contributed by atoms with van der Waals surface area (Å²) in [4.78, 5) is 0.0916. The van der Waals surface area contributed by atoms with Gasteiger partial charge < -0.3 is 4.74 Å². The normalized spacial score (nSPS) is 24.4. The monoisotopic (exact) mass is 283 g/mol. The van der Waals surface area contributed by atoms with Crippen molar-refractivity contribution in [2.75, 3.05) is 0 Å². The molecule has 0 saturated heterocycles. The van der Waals surface area contributed by atoms with Crippen molar-refractivity contribution >= 4 is 10.0 Å². The molecule has 1 aromatic rings. The summed E-state index contributed by atoms with van der Waals surface area (Å²) < 4.78 is 28.8. The molecule has 0 aromatic heterocycles. The van der Waals surface area contributed by atoms with E-state index in [1.807, 2.05) is 13.8 Å². The number of rotatable bonds is 1. The molecule has 1 unspecified atom stereocenters. The van der Waals surface area contributed by atoms with Crippen molar-refractivity contribution in [2.45, 2.75) is 51.0 Å². The fourth-order valence-corrected chi connectivity index (χ4v) is 2.98. The third-order valence-electron chi connectivity index (χ3n) is 4.78. The van der Waals surface area contributed by atoms with E-state index < -0.39 is 10.0 Å². The molecule has 19 heavy (non-hydrogen) atoms. The van der Waals surface area contributed by atoms with Crippen molar-refractivity contribution in [1.29, 1.82) is 0 Å². The van der Waals surface area contributed by atoms with Gasteiger partial charge in [-0.05, 0) is 31.4 Å². The molecule has 0 fully saturated rings. The van der Waals surface area contributed by atoms with E-state index in [-0.39, 0.29) is 21.8 Å². The third kappa shape index (κ3) is 2.15. The predicted octanol–water partition coefficient (Wildman–Crippen LogP) is 2.63. The molecule has 1 atom stereocenters. The van der Waals surface area contributed by atoms with Crippen LogP contribution in [0.5, 0.6) is 5.75 Å². The summed E-state index contributed by atoms with van der Waals surface area (Å²) in [5.41, 5.74) is 0.594. The second-order valence-electron chi connectivity index (χ2n) is 6.30. The van der Waals surface area contributed by atoms with Gasteiger partial charge in [0.05, 0.1) is 4.90 Å². The topological polar surface area (TPSA) is 69.4 Å².